The minimum Gasteiger partial charge on any atom is -0.355 e. The standard InChI is InChI=1S/C25H32N6O4S.ClH/c1-29(18-6-3-2-4-7-18)24(32)10-9-23-26-22(28-35-23)17-30-11-13-31(14-12-30)25(33)19-16-20(34-27-19)21-8-5-15-36-21;/h5,8,15-16,18H,2-4,6-7,9-14,17H2,1H3;1H. The molecule has 2 amide bonds. The smallest absolute Gasteiger partial charge is 0.276 e. The van der Waals surface area contributed by atoms with E-state index in [-0.39, 0.29) is 24.2 Å². The van der Waals surface area contributed by atoms with Crippen LogP contribution in [0, 0.1) is 0 Å². The van der Waals surface area contributed by atoms with Crippen molar-refractivity contribution in [2.45, 2.75) is 57.5 Å². The zero-order valence-electron chi connectivity index (χ0n) is 21.0. The number of carbonyl (C=O) groups is 2. The third-order valence-corrected chi connectivity index (χ3v) is 7.98. The van der Waals surface area contributed by atoms with E-state index >= 15 is 0 Å². The Labute approximate surface area is 226 Å². The number of halogens is 1. The molecule has 200 valence electrons. The van der Waals surface area contributed by atoms with Gasteiger partial charge in [-0.15, -0.1) is 23.7 Å². The Morgan fingerprint density at radius 1 is 1.11 bits per heavy atom. The molecule has 1 aliphatic carbocycles. The van der Waals surface area contributed by atoms with Crippen LogP contribution in [-0.2, 0) is 17.8 Å². The van der Waals surface area contributed by atoms with Gasteiger partial charge in [0.2, 0.25) is 11.8 Å². The average molecular weight is 549 g/mol. The molecule has 12 heteroatoms. The molecule has 0 atom stereocenters. The summed E-state index contributed by atoms with van der Waals surface area (Å²) < 4.78 is 10.7. The lowest BCUT2D eigenvalue weighted by Gasteiger charge is -2.33. The molecule has 5 rings (SSSR count). The van der Waals surface area contributed by atoms with Gasteiger partial charge < -0.3 is 18.8 Å². The Balaban J connectivity index is 0.00000320. The van der Waals surface area contributed by atoms with Gasteiger partial charge in [0.15, 0.2) is 17.3 Å². The van der Waals surface area contributed by atoms with Gasteiger partial charge in [-0.1, -0.05) is 35.6 Å². The van der Waals surface area contributed by atoms with Crippen LogP contribution in [-0.4, -0.2) is 81.1 Å². The number of amides is 2. The fourth-order valence-electron chi connectivity index (χ4n) is 4.90. The van der Waals surface area contributed by atoms with E-state index < -0.39 is 0 Å². The van der Waals surface area contributed by atoms with E-state index in [1.54, 1.807) is 22.3 Å². The normalized spacial score (nSPS) is 16.9. The van der Waals surface area contributed by atoms with E-state index in [9.17, 15) is 9.59 Å². The van der Waals surface area contributed by atoms with Gasteiger partial charge in [0.25, 0.3) is 5.91 Å². The largest absolute Gasteiger partial charge is 0.355 e. The minimum absolute atomic E-state index is 0. The molecule has 4 heterocycles. The molecule has 0 N–H and O–H groups in total. The summed E-state index contributed by atoms with van der Waals surface area (Å²) >= 11 is 1.55. The first-order chi connectivity index (χ1) is 17.6. The predicted molar refractivity (Wildman–Crippen MR) is 141 cm³/mol. The molecule has 37 heavy (non-hydrogen) atoms. The van der Waals surface area contributed by atoms with E-state index in [2.05, 4.69) is 20.2 Å². The molecule has 2 aliphatic rings. The number of carbonyl (C=O) groups excluding carboxylic acids is 2. The van der Waals surface area contributed by atoms with Crippen molar-refractivity contribution in [2.24, 2.45) is 0 Å². The molecule has 10 nitrogen and oxygen atoms in total. The summed E-state index contributed by atoms with van der Waals surface area (Å²) in [6, 6.07) is 5.95. The monoisotopic (exact) mass is 548 g/mol. The number of hydrogen-bond donors (Lipinski definition) is 0. The van der Waals surface area contributed by atoms with Crippen LogP contribution in [0.1, 0.15) is 60.7 Å². The average Bonchev–Trinajstić information content (AvgIpc) is 3.69. The highest BCUT2D eigenvalue weighted by molar-refractivity contribution is 7.13. The summed E-state index contributed by atoms with van der Waals surface area (Å²) in [5.74, 6) is 1.73. The van der Waals surface area contributed by atoms with Crippen molar-refractivity contribution in [3.63, 3.8) is 0 Å². The molecule has 2 fully saturated rings. The number of aryl methyl sites for hydroxylation is 1. The van der Waals surface area contributed by atoms with E-state index in [0.717, 1.165) is 17.7 Å². The first kappa shape index (κ1) is 27.3. The van der Waals surface area contributed by atoms with Crippen LogP contribution in [0.4, 0.5) is 0 Å². The van der Waals surface area contributed by atoms with Crippen LogP contribution in [0.15, 0.2) is 32.6 Å². The van der Waals surface area contributed by atoms with E-state index in [0.29, 0.717) is 74.8 Å². The Morgan fingerprint density at radius 3 is 2.62 bits per heavy atom. The Hall–Kier alpha value is -2.76. The number of rotatable bonds is 8. The number of aromatic nitrogens is 3. The van der Waals surface area contributed by atoms with Gasteiger partial charge in [-0.2, -0.15) is 4.98 Å². The number of nitrogens with zero attached hydrogens (tertiary/aromatic N) is 6. The van der Waals surface area contributed by atoms with Crippen LogP contribution in [0.2, 0.25) is 0 Å². The van der Waals surface area contributed by atoms with Crippen LogP contribution in [0.25, 0.3) is 10.6 Å². The SMILES string of the molecule is CN(C(=O)CCc1nc(CN2CCN(C(=O)c3cc(-c4cccs4)on3)CC2)no1)C1CCCCC1.Cl. The van der Waals surface area contributed by atoms with Gasteiger partial charge in [0.05, 0.1) is 11.4 Å². The summed E-state index contributed by atoms with van der Waals surface area (Å²) in [6.45, 7) is 3.14. The van der Waals surface area contributed by atoms with Crippen molar-refractivity contribution >= 4 is 35.6 Å². The van der Waals surface area contributed by atoms with Crippen molar-refractivity contribution in [2.75, 3.05) is 33.2 Å². The Morgan fingerprint density at radius 2 is 1.89 bits per heavy atom. The van der Waals surface area contributed by atoms with Gasteiger partial charge in [-0.25, -0.2) is 0 Å². The molecule has 0 spiro atoms. The Bertz CT molecular complexity index is 1150. The van der Waals surface area contributed by atoms with Gasteiger partial charge in [0.1, 0.15) is 0 Å². The molecule has 1 aliphatic heterocycles. The summed E-state index contributed by atoms with van der Waals surface area (Å²) in [6.07, 6.45) is 6.71. The third-order valence-electron chi connectivity index (χ3n) is 7.10. The first-order valence-electron chi connectivity index (χ1n) is 12.7. The molecular formula is C25H33ClN6O4S. The summed E-state index contributed by atoms with van der Waals surface area (Å²) in [7, 11) is 1.91. The zero-order chi connectivity index (χ0) is 24.9. The maximum absolute atomic E-state index is 12.8. The third kappa shape index (κ3) is 6.77. The minimum atomic E-state index is -0.120. The molecule has 3 aromatic heterocycles. The number of piperazine rings is 1. The van der Waals surface area contributed by atoms with Gasteiger partial charge in [-0.3, -0.25) is 14.5 Å². The molecule has 0 radical (unpaired) electrons. The molecule has 1 saturated heterocycles. The zero-order valence-corrected chi connectivity index (χ0v) is 22.6. The second-order valence-electron chi connectivity index (χ2n) is 9.52. The lowest BCUT2D eigenvalue weighted by atomic mass is 9.94. The van der Waals surface area contributed by atoms with Crippen molar-refractivity contribution in [3.05, 3.63) is 41.0 Å². The lowest BCUT2D eigenvalue weighted by molar-refractivity contribution is -0.132. The fourth-order valence-corrected chi connectivity index (χ4v) is 5.57. The Kier molecular flexibility index (Phi) is 9.33. The second kappa shape index (κ2) is 12.7. The maximum atomic E-state index is 12.8. The van der Waals surface area contributed by atoms with Crippen LogP contribution in [0.3, 0.4) is 0 Å². The van der Waals surface area contributed by atoms with E-state index in [4.69, 9.17) is 9.05 Å². The quantitative estimate of drug-likeness (QED) is 0.417. The summed E-state index contributed by atoms with van der Waals surface area (Å²) in [4.78, 5) is 36.7. The summed E-state index contributed by atoms with van der Waals surface area (Å²) in [5, 5.41) is 10.0. The molecule has 0 bridgehead atoms. The second-order valence-corrected chi connectivity index (χ2v) is 10.5. The van der Waals surface area contributed by atoms with Crippen LogP contribution in [0.5, 0.6) is 0 Å². The van der Waals surface area contributed by atoms with E-state index in [1.165, 1.54) is 19.3 Å². The number of hydrogen-bond acceptors (Lipinski definition) is 9. The molecular weight excluding hydrogens is 516 g/mol. The van der Waals surface area contributed by atoms with Crippen molar-refractivity contribution in [3.8, 4) is 10.6 Å². The van der Waals surface area contributed by atoms with Crippen molar-refractivity contribution in [1.82, 2.24) is 30.0 Å². The van der Waals surface area contributed by atoms with Crippen molar-refractivity contribution < 1.29 is 18.6 Å². The van der Waals surface area contributed by atoms with Gasteiger partial charge in [-0.05, 0) is 24.3 Å². The fraction of sp³-hybridized carbons (Fsp3) is 0.560. The van der Waals surface area contributed by atoms with Crippen LogP contribution < -0.4 is 0 Å². The predicted octanol–water partition coefficient (Wildman–Crippen LogP) is 3.89. The first-order valence-corrected chi connectivity index (χ1v) is 13.5. The highest BCUT2D eigenvalue weighted by Gasteiger charge is 2.26. The topological polar surface area (TPSA) is 109 Å². The molecule has 0 unspecified atom stereocenters. The van der Waals surface area contributed by atoms with Gasteiger partial charge >= 0.3 is 0 Å². The molecule has 0 aromatic carbocycles. The lowest BCUT2D eigenvalue weighted by Crippen LogP contribution is -2.48. The van der Waals surface area contributed by atoms with E-state index in [1.807, 2.05) is 29.5 Å². The number of thiophene rings is 1. The van der Waals surface area contributed by atoms with Gasteiger partial charge in [0, 0.05) is 58.2 Å². The van der Waals surface area contributed by atoms with Crippen molar-refractivity contribution in [1.29, 1.82) is 0 Å². The summed E-state index contributed by atoms with van der Waals surface area (Å²) in [5.41, 5.74) is 0.332. The molecule has 1 saturated carbocycles. The highest BCUT2D eigenvalue weighted by Crippen LogP contribution is 2.26. The van der Waals surface area contributed by atoms with Crippen LogP contribution >= 0.6 is 23.7 Å². The highest BCUT2D eigenvalue weighted by atomic mass is 35.5. The molecule has 3 aromatic rings. The maximum Gasteiger partial charge on any atom is 0.276 e.